The van der Waals surface area contributed by atoms with Gasteiger partial charge in [0, 0.05) is 23.5 Å². The van der Waals surface area contributed by atoms with E-state index < -0.39 is 5.92 Å². The van der Waals surface area contributed by atoms with Crippen molar-refractivity contribution in [3.8, 4) is 5.75 Å². The van der Waals surface area contributed by atoms with Gasteiger partial charge in [-0.25, -0.2) is 0 Å². The maximum atomic E-state index is 12.5. The second-order valence-electron chi connectivity index (χ2n) is 9.14. The van der Waals surface area contributed by atoms with Crippen LogP contribution in [0.3, 0.4) is 0 Å². The van der Waals surface area contributed by atoms with Crippen molar-refractivity contribution in [1.82, 2.24) is 10.2 Å². The van der Waals surface area contributed by atoms with Crippen LogP contribution in [0.15, 0.2) is 41.0 Å². The van der Waals surface area contributed by atoms with Gasteiger partial charge in [0.15, 0.2) is 0 Å². The van der Waals surface area contributed by atoms with E-state index in [1.54, 1.807) is 6.26 Å². The Balaban J connectivity index is 1.51. The van der Waals surface area contributed by atoms with Crippen LogP contribution in [0.2, 0.25) is 0 Å². The molecule has 0 saturated heterocycles. The molecule has 1 aliphatic rings. The van der Waals surface area contributed by atoms with Gasteiger partial charge in [0.25, 0.3) is 0 Å². The predicted octanol–water partition coefficient (Wildman–Crippen LogP) is 5.39. The lowest BCUT2D eigenvalue weighted by atomic mass is 9.92. The van der Waals surface area contributed by atoms with Crippen LogP contribution >= 0.6 is 0 Å². The summed E-state index contributed by atoms with van der Waals surface area (Å²) < 4.78 is 11.9. The van der Waals surface area contributed by atoms with Gasteiger partial charge in [-0.15, -0.1) is 0 Å². The molecule has 1 fully saturated rings. The standard InChI is InChI=1S/C27H34N2O4/c1-3-7-23(27(31)28-18-30)25-17-33-26-16-19-10-11-22(14-20(19)15-24(25)26)32-13-12-29(2)21-8-5-4-6-9-21/h10-11,14-18,21,23H,3-9,12-13H2,1-2H3,(H,28,30,31). The maximum absolute atomic E-state index is 12.5. The summed E-state index contributed by atoms with van der Waals surface area (Å²) in [5.74, 6) is 0.121. The van der Waals surface area contributed by atoms with E-state index in [-0.39, 0.29) is 5.91 Å². The molecule has 2 amide bonds. The molecular weight excluding hydrogens is 416 g/mol. The van der Waals surface area contributed by atoms with Crippen molar-refractivity contribution >= 4 is 34.1 Å². The van der Waals surface area contributed by atoms with Crippen molar-refractivity contribution in [1.29, 1.82) is 0 Å². The van der Waals surface area contributed by atoms with Crippen molar-refractivity contribution in [2.75, 3.05) is 20.2 Å². The number of hydrogen-bond acceptors (Lipinski definition) is 5. The fraction of sp³-hybridized carbons (Fsp3) is 0.481. The minimum absolute atomic E-state index is 0.297. The van der Waals surface area contributed by atoms with Crippen molar-refractivity contribution < 1.29 is 18.7 Å². The Bertz CT molecular complexity index is 1100. The van der Waals surface area contributed by atoms with Gasteiger partial charge in [-0.1, -0.05) is 38.7 Å². The van der Waals surface area contributed by atoms with Crippen LogP contribution in [-0.4, -0.2) is 43.5 Å². The molecular formula is C27H34N2O4. The maximum Gasteiger partial charge on any atom is 0.234 e. The Kier molecular flexibility index (Phi) is 7.65. The first kappa shape index (κ1) is 23.3. The van der Waals surface area contributed by atoms with Crippen LogP contribution in [0, 0.1) is 0 Å². The summed E-state index contributed by atoms with van der Waals surface area (Å²) in [6, 6.07) is 10.8. The molecule has 0 spiro atoms. The highest BCUT2D eigenvalue weighted by Gasteiger charge is 2.24. The first-order chi connectivity index (χ1) is 16.1. The highest BCUT2D eigenvalue weighted by molar-refractivity contribution is 6.01. The summed E-state index contributed by atoms with van der Waals surface area (Å²) in [6.45, 7) is 3.59. The molecule has 1 saturated carbocycles. The molecule has 6 heteroatoms. The summed E-state index contributed by atoms with van der Waals surface area (Å²) in [6.07, 6.45) is 10.2. The largest absolute Gasteiger partial charge is 0.492 e. The predicted molar refractivity (Wildman–Crippen MR) is 131 cm³/mol. The zero-order valence-corrected chi connectivity index (χ0v) is 19.6. The number of hydrogen-bond donors (Lipinski definition) is 1. The normalized spacial score (nSPS) is 15.7. The SMILES string of the molecule is CCCC(C(=O)NC=O)c1coc2cc3ccc(OCCN(C)C4CCCCC4)cc3cc12. The van der Waals surface area contributed by atoms with Gasteiger partial charge in [-0.2, -0.15) is 0 Å². The van der Waals surface area contributed by atoms with Crippen LogP contribution in [0.1, 0.15) is 63.4 Å². The van der Waals surface area contributed by atoms with E-state index in [9.17, 15) is 9.59 Å². The van der Waals surface area contributed by atoms with Crippen LogP contribution in [-0.2, 0) is 9.59 Å². The molecule has 1 aromatic heterocycles. The van der Waals surface area contributed by atoms with E-state index >= 15 is 0 Å². The molecule has 0 aliphatic heterocycles. The number of amides is 2. The van der Waals surface area contributed by atoms with Gasteiger partial charge in [0.1, 0.15) is 17.9 Å². The fourth-order valence-corrected chi connectivity index (χ4v) is 5.02. The van der Waals surface area contributed by atoms with Gasteiger partial charge in [0.2, 0.25) is 12.3 Å². The lowest BCUT2D eigenvalue weighted by molar-refractivity contribution is -0.126. The van der Waals surface area contributed by atoms with E-state index in [1.165, 1.54) is 32.1 Å². The minimum Gasteiger partial charge on any atom is -0.492 e. The second-order valence-corrected chi connectivity index (χ2v) is 9.14. The third kappa shape index (κ3) is 5.38. The number of nitrogens with zero attached hydrogens (tertiary/aromatic N) is 1. The first-order valence-corrected chi connectivity index (χ1v) is 12.1. The average Bonchev–Trinajstić information content (AvgIpc) is 3.24. The zero-order chi connectivity index (χ0) is 23.2. The topological polar surface area (TPSA) is 71.8 Å². The van der Waals surface area contributed by atoms with E-state index in [4.69, 9.17) is 9.15 Å². The molecule has 0 radical (unpaired) electrons. The number of carbonyl (C=O) groups is 2. The number of benzene rings is 2. The minimum atomic E-state index is -0.423. The first-order valence-electron chi connectivity index (χ1n) is 12.1. The average molecular weight is 451 g/mol. The molecule has 1 N–H and O–H groups in total. The number of likely N-dealkylation sites (N-methyl/N-ethyl adjacent to an activating group) is 1. The Labute approximate surface area is 195 Å². The number of ether oxygens (including phenoxy) is 1. The highest BCUT2D eigenvalue weighted by atomic mass is 16.5. The highest BCUT2D eigenvalue weighted by Crippen LogP contribution is 2.34. The number of imide groups is 1. The molecule has 176 valence electrons. The Morgan fingerprint density at radius 1 is 1.21 bits per heavy atom. The Morgan fingerprint density at radius 2 is 2.03 bits per heavy atom. The summed E-state index contributed by atoms with van der Waals surface area (Å²) in [4.78, 5) is 25.7. The van der Waals surface area contributed by atoms with E-state index in [0.29, 0.717) is 25.5 Å². The van der Waals surface area contributed by atoms with E-state index in [1.807, 2.05) is 31.2 Å². The van der Waals surface area contributed by atoms with Crippen LogP contribution in [0.25, 0.3) is 21.7 Å². The molecule has 1 atom stereocenters. The van der Waals surface area contributed by atoms with Crippen molar-refractivity contribution in [2.24, 2.45) is 0 Å². The van der Waals surface area contributed by atoms with E-state index in [2.05, 4.69) is 23.3 Å². The molecule has 0 bridgehead atoms. The molecule has 1 aliphatic carbocycles. The Hall–Kier alpha value is -2.86. The van der Waals surface area contributed by atoms with Crippen LogP contribution < -0.4 is 10.1 Å². The number of rotatable bonds is 10. The molecule has 1 unspecified atom stereocenters. The van der Waals surface area contributed by atoms with Crippen molar-refractivity contribution in [2.45, 2.75) is 63.8 Å². The lowest BCUT2D eigenvalue weighted by Gasteiger charge is -2.31. The van der Waals surface area contributed by atoms with Gasteiger partial charge in [0.05, 0.1) is 12.2 Å². The number of fused-ring (bicyclic) bond motifs is 2. The molecule has 1 heterocycles. The number of carbonyl (C=O) groups excluding carboxylic acids is 2. The van der Waals surface area contributed by atoms with Gasteiger partial charge in [-0.3, -0.25) is 14.9 Å². The molecule has 33 heavy (non-hydrogen) atoms. The molecule has 6 nitrogen and oxygen atoms in total. The fourth-order valence-electron chi connectivity index (χ4n) is 5.02. The monoisotopic (exact) mass is 450 g/mol. The summed E-state index contributed by atoms with van der Waals surface area (Å²) in [5.41, 5.74) is 1.55. The summed E-state index contributed by atoms with van der Waals surface area (Å²) in [5, 5.41) is 5.29. The van der Waals surface area contributed by atoms with E-state index in [0.717, 1.165) is 46.0 Å². The molecule has 2 aromatic carbocycles. The van der Waals surface area contributed by atoms with Crippen molar-refractivity contribution in [3.63, 3.8) is 0 Å². The smallest absolute Gasteiger partial charge is 0.234 e. The third-order valence-corrected chi connectivity index (χ3v) is 6.92. The third-order valence-electron chi connectivity index (χ3n) is 6.92. The summed E-state index contributed by atoms with van der Waals surface area (Å²) in [7, 11) is 2.20. The van der Waals surface area contributed by atoms with Crippen molar-refractivity contribution in [3.05, 3.63) is 42.2 Å². The second kappa shape index (κ2) is 10.8. The Morgan fingerprint density at radius 3 is 2.79 bits per heavy atom. The quantitative estimate of drug-likeness (QED) is 0.420. The number of nitrogens with one attached hydrogen (secondary N) is 1. The van der Waals surface area contributed by atoms with Gasteiger partial charge < -0.3 is 14.1 Å². The van der Waals surface area contributed by atoms with Gasteiger partial charge in [-0.05, 0) is 61.3 Å². The van der Waals surface area contributed by atoms with Crippen LogP contribution in [0.5, 0.6) is 5.75 Å². The summed E-state index contributed by atoms with van der Waals surface area (Å²) >= 11 is 0. The lowest BCUT2D eigenvalue weighted by Crippen LogP contribution is -2.36. The zero-order valence-electron chi connectivity index (χ0n) is 19.6. The molecule has 4 rings (SSSR count). The van der Waals surface area contributed by atoms with Gasteiger partial charge >= 0.3 is 0 Å². The van der Waals surface area contributed by atoms with Crippen LogP contribution in [0.4, 0.5) is 0 Å². The molecule has 3 aromatic rings. The number of furan rings is 1.